The fraction of sp³-hybridized carbons (Fsp3) is 0.800. The summed E-state index contributed by atoms with van der Waals surface area (Å²) in [6.45, 7) is 1.63. The Kier molecular flexibility index (Phi) is 5.21. The number of piperidine rings is 1. The fourth-order valence-electron chi connectivity index (χ4n) is 1.72. The minimum atomic E-state index is -1.52. The summed E-state index contributed by atoms with van der Waals surface area (Å²) >= 11 is 0. The molecule has 1 atom stereocenters. The molecule has 0 aromatic heterocycles. The van der Waals surface area contributed by atoms with Crippen molar-refractivity contribution in [2.45, 2.75) is 25.4 Å². The molecule has 1 fully saturated rings. The quantitative estimate of drug-likeness (QED) is 0.482. The van der Waals surface area contributed by atoms with Gasteiger partial charge >= 0.3 is 5.97 Å². The van der Waals surface area contributed by atoms with E-state index < -0.39 is 12.1 Å². The molecule has 1 unspecified atom stereocenters. The Morgan fingerprint density at radius 1 is 1.38 bits per heavy atom. The van der Waals surface area contributed by atoms with Crippen LogP contribution in [-0.2, 0) is 9.59 Å². The maximum atomic E-state index is 11.4. The van der Waals surface area contributed by atoms with Crippen molar-refractivity contribution in [3.63, 3.8) is 0 Å². The van der Waals surface area contributed by atoms with Crippen LogP contribution in [0.1, 0.15) is 19.3 Å². The van der Waals surface area contributed by atoms with Gasteiger partial charge in [-0.25, -0.2) is 4.79 Å². The standard InChI is InChI=1S/C10H18N2O4/c13-8(10(15)16)6-12-9(14)5-7-1-3-11-4-2-7/h7-8,11,13H,1-6H2,(H,12,14)(H,15,16). The van der Waals surface area contributed by atoms with Crippen LogP contribution in [0.5, 0.6) is 0 Å². The summed E-state index contributed by atoms with van der Waals surface area (Å²) in [5.74, 6) is -1.14. The van der Waals surface area contributed by atoms with Crippen LogP contribution in [0.15, 0.2) is 0 Å². The van der Waals surface area contributed by atoms with Gasteiger partial charge in [-0.1, -0.05) is 0 Å². The maximum absolute atomic E-state index is 11.4. The Labute approximate surface area is 94.0 Å². The zero-order valence-electron chi connectivity index (χ0n) is 9.11. The van der Waals surface area contributed by atoms with Crippen molar-refractivity contribution in [2.75, 3.05) is 19.6 Å². The molecule has 0 spiro atoms. The highest BCUT2D eigenvalue weighted by atomic mass is 16.4. The van der Waals surface area contributed by atoms with E-state index in [2.05, 4.69) is 10.6 Å². The predicted molar refractivity (Wildman–Crippen MR) is 56.9 cm³/mol. The van der Waals surface area contributed by atoms with Gasteiger partial charge in [-0.05, 0) is 31.8 Å². The Bertz CT molecular complexity index is 251. The number of carboxylic acid groups (broad SMARTS) is 1. The third-order valence-electron chi connectivity index (χ3n) is 2.71. The van der Waals surface area contributed by atoms with Crippen molar-refractivity contribution in [2.24, 2.45) is 5.92 Å². The minimum absolute atomic E-state index is 0.188. The molecule has 1 rings (SSSR count). The van der Waals surface area contributed by atoms with Gasteiger partial charge < -0.3 is 20.8 Å². The second-order valence-electron chi connectivity index (χ2n) is 4.06. The molecule has 4 N–H and O–H groups in total. The monoisotopic (exact) mass is 230 g/mol. The lowest BCUT2D eigenvalue weighted by atomic mass is 9.94. The molecular formula is C10H18N2O4. The lowest BCUT2D eigenvalue weighted by Gasteiger charge is -2.22. The Morgan fingerprint density at radius 3 is 2.56 bits per heavy atom. The molecule has 1 aliphatic rings. The second-order valence-corrected chi connectivity index (χ2v) is 4.06. The molecule has 16 heavy (non-hydrogen) atoms. The molecule has 1 aliphatic heterocycles. The van der Waals surface area contributed by atoms with Crippen LogP contribution in [0.3, 0.4) is 0 Å². The number of carbonyl (C=O) groups excluding carboxylic acids is 1. The van der Waals surface area contributed by atoms with Crippen molar-refractivity contribution in [3.05, 3.63) is 0 Å². The molecule has 0 aromatic rings. The first-order chi connectivity index (χ1) is 7.59. The van der Waals surface area contributed by atoms with Crippen molar-refractivity contribution in [1.29, 1.82) is 0 Å². The van der Waals surface area contributed by atoms with E-state index in [0.717, 1.165) is 25.9 Å². The summed E-state index contributed by atoms with van der Waals surface area (Å²) < 4.78 is 0. The maximum Gasteiger partial charge on any atom is 0.334 e. The summed E-state index contributed by atoms with van der Waals surface area (Å²) in [7, 11) is 0. The lowest BCUT2D eigenvalue weighted by molar-refractivity contribution is -0.146. The van der Waals surface area contributed by atoms with Gasteiger partial charge in [0.1, 0.15) is 0 Å². The lowest BCUT2D eigenvalue weighted by Crippen LogP contribution is -2.38. The second kappa shape index (κ2) is 6.44. The highest BCUT2D eigenvalue weighted by Gasteiger charge is 2.18. The molecule has 0 saturated carbocycles. The molecule has 6 heteroatoms. The average Bonchev–Trinajstić information content (AvgIpc) is 2.27. The summed E-state index contributed by atoms with van der Waals surface area (Å²) in [6.07, 6.45) is 0.828. The van der Waals surface area contributed by atoms with E-state index in [1.54, 1.807) is 0 Å². The van der Waals surface area contributed by atoms with E-state index in [-0.39, 0.29) is 12.5 Å². The third-order valence-corrected chi connectivity index (χ3v) is 2.71. The van der Waals surface area contributed by atoms with Crippen LogP contribution >= 0.6 is 0 Å². The number of aliphatic carboxylic acids is 1. The van der Waals surface area contributed by atoms with E-state index >= 15 is 0 Å². The largest absolute Gasteiger partial charge is 0.479 e. The van der Waals surface area contributed by atoms with Gasteiger partial charge in [-0.15, -0.1) is 0 Å². The topological polar surface area (TPSA) is 98.7 Å². The smallest absolute Gasteiger partial charge is 0.334 e. The summed E-state index contributed by atoms with van der Waals surface area (Å²) in [6, 6.07) is 0. The first-order valence-electron chi connectivity index (χ1n) is 5.48. The molecular weight excluding hydrogens is 212 g/mol. The van der Waals surface area contributed by atoms with Crippen molar-refractivity contribution in [1.82, 2.24) is 10.6 Å². The molecule has 0 radical (unpaired) electrons. The zero-order valence-corrected chi connectivity index (χ0v) is 9.11. The highest BCUT2D eigenvalue weighted by Crippen LogP contribution is 2.15. The van der Waals surface area contributed by atoms with E-state index in [4.69, 9.17) is 10.2 Å². The number of carbonyl (C=O) groups is 2. The van der Waals surface area contributed by atoms with Crippen LogP contribution in [0.4, 0.5) is 0 Å². The highest BCUT2D eigenvalue weighted by molar-refractivity contribution is 5.78. The molecule has 0 bridgehead atoms. The number of hydrogen-bond donors (Lipinski definition) is 4. The van der Waals surface area contributed by atoms with Gasteiger partial charge in [0.05, 0.1) is 6.54 Å². The average molecular weight is 230 g/mol. The number of aliphatic hydroxyl groups excluding tert-OH is 1. The predicted octanol–water partition coefficient (Wildman–Crippen LogP) is -1.06. The van der Waals surface area contributed by atoms with Gasteiger partial charge in [0.15, 0.2) is 6.10 Å². The third kappa shape index (κ3) is 4.59. The van der Waals surface area contributed by atoms with Crippen molar-refractivity contribution >= 4 is 11.9 Å². The summed E-state index contributed by atoms with van der Waals surface area (Å²) in [5, 5.41) is 23.0. The Balaban J connectivity index is 2.17. The van der Waals surface area contributed by atoms with E-state index in [0.29, 0.717) is 12.3 Å². The van der Waals surface area contributed by atoms with E-state index in [1.165, 1.54) is 0 Å². The summed E-state index contributed by atoms with van der Waals surface area (Å²) in [4.78, 5) is 21.7. The van der Waals surface area contributed by atoms with E-state index in [1.807, 2.05) is 0 Å². The van der Waals surface area contributed by atoms with Crippen LogP contribution in [0, 0.1) is 5.92 Å². The van der Waals surface area contributed by atoms with Gasteiger partial charge in [0.2, 0.25) is 5.91 Å². The zero-order chi connectivity index (χ0) is 12.0. The molecule has 0 aliphatic carbocycles. The molecule has 0 aromatic carbocycles. The van der Waals surface area contributed by atoms with Crippen molar-refractivity contribution < 1.29 is 19.8 Å². The number of aliphatic hydroxyl groups is 1. The summed E-state index contributed by atoms with van der Waals surface area (Å²) in [5.41, 5.74) is 0. The Morgan fingerprint density at radius 2 is 2.00 bits per heavy atom. The van der Waals surface area contributed by atoms with Crippen molar-refractivity contribution in [3.8, 4) is 0 Å². The Hall–Kier alpha value is -1.14. The van der Waals surface area contributed by atoms with Crippen LogP contribution in [0.2, 0.25) is 0 Å². The SMILES string of the molecule is O=C(CC1CCNCC1)NCC(O)C(=O)O. The molecule has 92 valence electrons. The first kappa shape index (κ1) is 12.9. The number of hydrogen-bond acceptors (Lipinski definition) is 4. The van der Waals surface area contributed by atoms with Gasteiger partial charge in [0, 0.05) is 6.42 Å². The van der Waals surface area contributed by atoms with Crippen LogP contribution in [0.25, 0.3) is 0 Å². The normalized spacial score (nSPS) is 19.1. The van der Waals surface area contributed by atoms with Gasteiger partial charge in [-0.3, -0.25) is 4.79 Å². The number of rotatable bonds is 5. The molecule has 1 heterocycles. The number of amides is 1. The van der Waals surface area contributed by atoms with E-state index in [9.17, 15) is 9.59 Å². The first-order valence-corrected chi connectivity index (χ1v) is 5.48. The minimum Gasteiger partial charge on any atom is -0.479 e. The molecule has 1 amide bonds. The number of carboxylic acids is 1. The number of nitrogens with one attached hydrogen (secondary N) is 2. The van der Waals surface area contributed by atoms with Gasteiger partial charge in [-0.2, -0.15) is 0 Å². The van der Waals surface area contributed by atoms with Crippen LogP contribution < -0.4 is 10.6 Å². The van der Waals surface area contributed by atoms with Crippen LogP contribution in [-0.4, -0.2) is 47.8 Å². The molecule has 1 saturated heterocycles. The fourth-order valence-corrected chi connectivity index (χ4v) is 1.72. The molecule has 6 nitrogen and oxygen atoms in total. The van der Waals surface area contributed by atoms with Gasteiger partial charge in [0.25, 0.3) is 0 Å².